The number of nitrogens with zero attached hydrogens (tertiary/aromatic N) is 1. The van der Waals surface area contributed by atoms with Gasteiger partial charge in [0.1, 0.15) is 25.4 Å². The van der Waals surface area contributed by atoms with E-state index in [1.54, 1.807) is 0 Å². The van der Waals surface area contributed by atoms with E-state index in [9.17, 15) is 13.2 Å². The van der Waals surface area contributed by atoms with Crippen molar-refractivity contribution in [2.75, 3.05) is 27.2 Å². The molecule has 0 saturated heterocycles. The van der Waals surface area contributed by atoms with E-state index in [2.05, 4.69) is 0 Å². The third-order valence-electron chi connectivity index (χ3n) is 3.69. The molecule has 0 spiro atoms. The van der Waals surface area contributed by atoms with Crippen LogP contribution in [0.15, 0.2) is 59.5 Å². The van der Waals surface area contributed by atoms with Crippen molar-refractivity contribution in [1.82, 2.24) is 0 Å². The average molecular weight is 404 g/mol. The minimum atomic E-state index is -4.28. The van der Waals surface area contributed by atoms with Crippen LogP contribution in [0.25, 0.3) is 0 Å². The van der Waals surface area contributed by atoms with Crippen molar-refractivity contribution in [2.24, 2.45) is 0 Å². The fraction of sp³-hybridized carbons (Fsp3) is 0.278. The van der Waals surface area contributed by atoms with Gasteiger partial charge in [0.15, 0.2) is 0 Å². The van der Waals surface area contributed by atoms with Crippen LogP contribution in [0.2, 0.25) is 0 Å². The topological polar surface area (TPSA) is 89.9 Å². The summed E-state index contributed by atoms with van der Waals surface area (Å²) in [5.41, 5.74) is 1.19. The summed E-state index contributed by atoms with van der Waals surface area (Å²) in [6, 6.07) is 14.8. The fourth-order valence-corrected chi connectivity index (χ4v) is 2.82. The van der Waals surface area contributed by atoms with Crippen molar-refractivity contribution in [3.63, 3.8) is 0 Å². The van der Waals surface area contributed by atoms with E-state index in [4.69, 9.17) is 14.0 Å². The number of quaternary nitrogens is 1. The first-order valence-corrected chi connectivity index (χ1v) is 9.38. The van der Waals surface area contributed by atoms with E-state index in [0.717, 1.165) is 18.7 Å². The van der Waals surface area contributed by atoms with Crippen LogP contribution in [0.5, 0.6) is 5.75 Å². The number of likely N-dealkylation sites (N-methyl/N-ethyl adjacent to an activating group) is 1. The third kappa shape index (κ3) is 8.42. The second-order valence-corrected chi connectivity index (χ2v) is 7.87. The zero-order chi connectivity index (χ0) is 19.2. The standard InChI is InChI=1S/C18H21NO6S.Na.H/c1-19(2,14-15-6-4-3-5-7-15)12-13-24-18(20)25-16-8-10-17(11-9-16)26(21,22)23;;/h3-11H,12-14H2,1-2H3;;/p+1. The van der Waals surface area contributed by atoms with Crippen LogP contribution in [0, 0.1) is 0 Å². The van der Waals surface area contributed by atoms with Gasteiger partial charge in [-0.15, -0.1) is 0 Å². The number of hydrogen-bond donors (Lipinski definition) is 1. The Morgan fingerprint density at radius 3 is 2.19 bits per heavy atom. The molecule has 9 heteroatoms. The van der Waals surface area contributed by atoms with Crippen molar-refractivity contribution >= 4 is 45.8 Å². The molecule has 0 amide bonds. The first-order chi connectivity index (χ1) is 12.2. The number of ether oxygens (including phenoxy) is 2. The van der Waals surface area contributed by atoms with Crippen LogP contribution < -0.4 is 4.74 Å². The van der Waals surface area contributed by atoms with Gasteiger partial charge in [0.05, 0.1) is 19.0 Å². The fourth-order valence-electron chi connectivity index (χ4n) is 2.34. The van der Waals surface area contributed by atoms with Crippen LogP contribution in [-0.4, -0.2) is 80.4 Å². The molecule has 0 unspecified atom stereocenters. The average Bonchev–Trinajstić information content (AvgIpc) is 2.54. The Kier molecular flexibility index (Phi) is 8.93. The monoisotopic (exact) mass is 404 g/mol. The molecule has 0 atom stereocenters. The Morgan fingerprint density at radius 2 is 1.63 bits per heavy atom. The summed E-state index contributed by atoms with van der Waals surface area (Å²) in [4.78, 5) is 11.4. The van der Waals surface area contributed by atoms with E-state index < -0.39 is 16.3 Å². The summed E-state index contributed by atoms with van der Waals surface area (Å²) < 4.78 is 41.5. The molecule has 27 heavy (non-hydrogen) atoms. The van der Waals surface area contributed by atoms with Crippen molar-refractivity contribution in [2.45, 2.75) is 11.4 Å². The van der Waals surface area contributed by atoms with Gasteiger partial charge in [-0.05, 0) is 24.3 Å². The zero-order valence-corrected chi connectivity index (χ0v) is 15.5. The third-order valence-corrected chi connectivity index (χ3v) is 4.56. The number of hydrogen-bond acceptors (Lipinski definition) is 5. The molecule has 2 rings (SSSR count). The van der Waals surface area contributed by atoms with Crippen molar-refractivity contribution in [1.29, 1.82) is 0 Å². The Balaban J connectivity index is 0.00000364. The predicted molar refractivity (Wildman–Crippen MR) is 103 cm³/mol. The Morgan fingerprint density at radius 1 is 1.04 bits per heavy atom. The van der Waals surface area contributed by atoms with Gasteiger partial charge in [0.25, 0.3) is 10.1 Å². The summed E-state index contributed by atoms with van der Waals surface area (Å²) in [7, 11) is -0.203. The minimum absolute atomic E-state index is 0. The van der Waals surface area contributed by atoms with E-state index in [1.807, 2.05) is 44.4 Å². The van der Waals surface area contributed by atoms with Crippen LogP contribution in [0.1, 0.15) is 5.56 Å². The second kappa shape index (κ2) is 10.2. The first kappa shape index (κ1) is 23.6. The van der Waals surface area contributed by atoms with Crippen LogP contribution in [0.4, 0.5) is 4.79 Å². The molecule has 0 fully saturated rings. The van der Waals surface area contributed by atoms with E-state index >= 15 is 0 Å². The molecule has 0 aliphatic carbocycles. The molecule has 0 aliphatic rings. The molecule has 2 aromatic carbocycles. The number of benzene rings is 2. The van der Waals surface area contributed by atoms with Crippen LogP contribution in [-0.2, 0) is 21.4 Å². The molecule has 2 aromatic rings. The number of carbonyl (C=O) groups excluding carboxylic acids is 1. The molecule has 0 radical (unpaired) electrons. The molecule has 0 heterocycles. The maximum absolute atomic E-state index is 11.7. The van der Waals surface area contributed by atoms with Gasteiger partial charge in [0, 0.05) is 5.56 Å². The first-order valence-electron chi connectivity index (χ1n) is 7.94. The van der Waals surface area contributed by atoms with Gasteiger partial charge in [-0.1, -0.05) is 30.3 Å². The van der Waals surface area contributed by atoms with Crippen molar-refractivity contribution in [3.05, 3.63) is 60.2 Å². The molecule has 142 valence electrons. The number of rotatable bonds is 7. The van der Waals surface area contributed by atoms with E-state index in [-0.39, 0.29) is 46.8 Å². The predicted octanol–water partition coefficient (Wildman–Crippen LogP) is 2.08. The summed E-state index contributed by atoms with van der Waals surface area (Å²) in [6.07, 6.45) is -0.871. The Labute approximate surface area is 181 Å². The summed E-state index contributed by atoms with van der Waals surface area (Å²) in [6.45, 7) is 1.59. The molecule has 0 bridgehead atoms. The summed E-state index contributed by atoms with van der Waals surface area (Å²) in [5, 5.41) is 0. The van der Waals surface area contributed by atoms with Crippen molar-refractivity contribution in [3.8, 4) is 5.75 Å². The van der Waals surface area contributed by atoms with Gasteiger partial charge in [-0.3, -0.25) is 4.55 Å². The van der Waals surface area contributed by atoms with Gasteiger partial charge in [-0.2, -0.15) is 8.42 Å². The summed E-state index contributed by atoms with van der Waals surface area (Å²) >= 11 is 0. The maximum atomic E-state index is 11.7. The molecule has 0 aromatic heterocycles. The molecule has 0 aliphatic heterocycles. The van der Waals surface area contributed by atoms with E-state index in [0.29, 0.717) is 11.0 Å². The second-order valence-electron chi connectivity index (χ2n) is 6.45. The Hall–Kier alpha value is -1.42. The van der Waals surface area contributed by atoms with Crippen LogP contribution in [0.3, 0.4) is 0 Å². The molecular formula is C18H23NNaO6S+. The molecule has 7 nitrogen and oxygen atoms in total. The quantitative estimate of drug-likeness (QED) is 0.250. The molecule has 0 saturated carbocycles. The SMILES string of the molecule is C[N+](C)(CCOC(=O)Oc1ccc(S(=O)(=O)O)cc1)Cc1ccccc1.[NaH]. The van der Waals surface area contributed by atoms with Gasteiger partial charge < -0.3 is 14.0 Å². The number of carbonyl (C=O) groups is 1. The zero-order valence-electron chi connectivity index (χ0n) is 14.7. The van der Waals surface area contributed by atoms with Crippen LogP contribution >= 0.6 is 0 Å². The van der Waals surface area contributed by atoms with E-state index in [1.165, 1.54) is 17.7 Å². The summed E-state index contributed by atoms with van der Waals surface area (Å²) in [5.74, 6) is 0.125. The molecular weight excluding hydrogens is 381 g/mol. The van der Waals surface area contributed by atoms with Gasteiger partial charge >= 0.3 is 35.7 Å². The van der Waals surface area contributed by atoms with Gasteiger partial charge in [-0.25, -0.2) is 4.79 Å². The Bertz CT molecular complexity index is 838. The molecule has 1 N–H and O–H groups in total. The van der Waals surface area contributed by atoms with Gasteiger partial charge in [0.2, 0.25) is 0 Å². The van der Waals surface area contributed by atoms with Crippen molar-refractivity contribution < 1.29 is 31.7 Å². The normalized spacial score (nSPS) is 11.4.